The summed E-state index contributed by atoms with van der Waals surface area (Å²) in [6, 6.07) is 8.73. The highest BCUT2D eigenvalue weighted by Crippen LogP contribution is 2.27. The molecule has 2 aromatic rings. The van der Waals surface area contributed by atoms with Crippen molar-refractivity contribution in [2.24, 2.45) is 0 Å². The third-order valence-electron chi connectivity index (χ3n) is 3.32. The van der Waals surface area contributed by atoms with Crippen LogP contribution >= 0.6 is 0 Å². The summed E-state index contributed by atoms with van der Waals surface area (Å²) in [7, 11) is 0. The number of carbonyl (C=O) groups excluding carboxylic acids is 2. The van der Waals surface area contributed by atoms with Gasteiger partial charge in [-0.05, 0) is 13.3 Å². The molecule has 0 aliphatic rings. The van der Waals surface area contributed by atoms with Gasteiger partial charge in [0.25, 0.3) is 0 Å². The van der Waals surface area contributed by atoms with Crippen molar-refractivity contribution in [1.29, 1.82) is 0 Å². The lowest BCUT2D eigenvalue weighted by atomic mass is 10.1. The van der Waals surface area contributed by atoms with Gasteiger partial charge in [-0.2, -0.15) is 0 Å². The Kier molecular flexibility index (Phi) is 5.04. The van der Waals surface area contributed by atoms with E-state index in [0.717, 1.165) is 5.56 Å². The average Bonchev–Trinajstić information content (AvgIpc) is 2.94. The molecular formula is C16H19N3O3. The zero-order chi connectivity index (χ0) is 16.1. The molecule has 6 nitrogen and oxygen atoms in total. The predicted molar refractivity (Wildman–Crippen MR) is 81.4 cm³/mol. The second kappa shape index (κ2) is 6.98. The first-order valence-corrected chi connectivity index (χ1v) is 7.28. The molecule has 0 radical (unpaired) electrons. The maximum Gasteiger partial charge on any atom is 0.331 e. The van der Waals surface area contributed by atoms with E-state index >= 15 is 0 Å². The predicted octanol–water partition coefficient (Wildman–Crippen LogP) is 2.66. The minimum atomic E-state index is -0.601. The molecule has 0 aliphatic carbocycles. The van der Waals surface area contributed by atoms with Crippen LogP contribution in [-0.4, -0.2) is 33.4 Å². The molecule has 0 fully saturated rings. The Morgan fingerprint density at radius 3 is 2.45 bits per heavy atom. The van der Waals surface area contributed by atoms with E-state index in [1.165, 1.54) is 11.6 Å². The molecule has 0 saturated heterocycles. The topological polar surface area (TPSA) is 74.1 Å². The average molecular weight is 301 g/mol. The molecule has 0 amide bonds. The zero-order valence-corrected chi connectivity index (χ0v) is 12.9. The van der Waals surface area contributed by atoms with Gasteiger partial charge < -0.3 is 4.74 Å². The molecule has 1 aromatic carbocycles. The van der Waals surface area contributed by atoms with E-state index in [-0.39, 0.29) is 17.4 Å². The van der Waals surface area contributed by atoms with Gasteiger partial charge in [0, 0.05) is 12.5 Å². The molecule has 0 aliphatic heterocycles. The lowest BCUT2D eigenvalue weighted by Crippen LogP contribution is -2.23. The van der Waals surface area contributed by atoms with E-state index in [0.29, 0.717) is 18.7 Å². The largest absolute Gasteiger partial charge is 0.464 e. The number of benzene rings is 1. The van der Waals surface area contributed by atoms with Crippen LogP contribution in [0, 0.1) is 0 Å². The van der Waals surface area contributed by atoms with Gasteiger partial charge in [-0.1, -0.05) is 42.5 Å². The lowest BCUT2D eigenvalue weighted by Gasteiger charge is -2.16. The fourth-order valence-corrected chi connectivity index (χ4v) is 2.29. The quantitative estimate of drug-likeness (QED) is 0.605. The zero-order valence-electron chi connectivity index (χ0n) is 12.9. The van der Waals surface area contributed by atoms with Gasteiger partial charge in [-0.15, -0.1) is 5.10 Å². The summed E-state index contributed by atoms with van der Waals surface area (Å²) < 4.78 is 6.59. The van der Waals surface area contributed by atoms with Crippen LogP contribution in [0.15, 0.2) is 30.3 Å². The number of rotatable bonds is 6. The van der Waals surface area contributed by atoms with Crippen LogP contribution in [0.5, 0.6) is 0 Å². The fraction of sp³-hybridized carbons (Fsp3) is 0.375. The Bertz CT molecular complexity index is 665. The first kappa shape index (κ1) is 15.9. The molecule has 22 heavy (non-hydrogen) atoms. The van der Waals surface area contributed by atoms with Crippen LogP contribution in [0.3, 0.4) is 0 Å². The summed E-state index contributed by atoms with van der Waals surface area (Å²) in [5.74, 6) is -0.564. The van der Waals surface area contributed by atoms with E-state index < -0.39 is 6.04 Å². The number of nitrogens with zero attached hydrogens (tertiary/aromatic N) is 3. The van der Waals surface area contributed by atoms with E-state index in [1.54, 1.807) is 6.92 Å². The normalized spacial score (nSPS) is 12.0. The second-order valence-electron chi connectivity index (χ2n) is 4.83. The highest BCUT2D eigenvalue weighted by atomic mass is 16.5. The van der Waals surface area contributed by atoms with E-state index in [9.17, 15) is 9.59 Å². The van der Waals surface area contributed by atoms with Crippen molar-refractivity contribution in [3.8, 4) is 11.3 Å². The van der Waals surface area contributed by atoms with Crippen molar-refractivity contribution in [3.63, 3.8) is 0 Å². The fourth-order valence-electron chi connectivity index (χ4n) is 2.29. The van der Waals surface area contributed by atoms with Crippen molar-refractivity contribution in [1.82, 2.24) is 15.0 Å². The molecule has 1 unspecified atom stereocenters. The first-order valence-electron chi connectivity index (χ1n) is 7.28. The summed E-state index contributed by atoms with van der Waals surface area (Å²) in [5, 5.41) is 7.99. The van der Waals surface area contributed by atoms with Gasteiger partial charge in [0.2, 0.25) is 0 Å². The van der Waals surface area contributed by atoms with Crippen molar-refractivity contribution < 1.29 is 14.3 Å². The maximum atomic E-state index is 12.1. The molecular weight excluding hydrogens is 282 g/mol. The summed E-state index contributed by atoms with van der Waals surface area (Å²) >= 11 is 0. The third kappa shape index (κ3) is 3.05. The number of esters is 1. The van der Waals surface area contributed by atoms with E-state index in [2.05, 4.69) is 10.3 Å². The van der Waals surface area contributed by atoms with Gasteiger partial charge >= 0.3 is 5.97 Å². The molecule has 0 N–H and O–H groups in total. The molecule has 6 heteroatoms. The molecule has 116 valence electrons. The molecule has 0 saturated carbocycles. The minimum Gasteiger partial charge on any atom is -0.464 e. The Balaban J connectivity index is 2.57. The molecule has 1 heterocycles. The molecule has 0 bridgehead atoms. The van der Waals surface area contributed by atoms with Crippen molar-refractivity contribution >= 4 is 11.8 Å². The maximum absolute atomic E-state index is 12.1. The highest BCUT2D eigenvalue weighted by Gasteiger charge is 2.27. The van der Waals surface area contributed by atoms with Crippen molar-refractivity contribution in [2.45, 2.75) is 33.2 Å². The third-order valence-corrected chi connectivity index (χ3v) is 3.32. The van der Waals surface area contributed by atoms with Crippen LogP contribution < -0.4 is 0 Å². The number of hydrogen-bond acceptors (Lipinski definition) is 5. The Morgan fingerprint density at radius 2 is 1.91 bits per heavy atom. The Labute approximate surface area is 129 Å². The summed E-state index contributed by atoms with van der Waals surface area (Å²) in [4.78, 5) is 24.0. The number of ether oxygens (including phenoxy) is 1. The first-order chi connectivity index (χ1) is 10.6. The smallest absolute Gasteiger partial charge is 0.331 e. The number of aromatic nitrogens is 3. The van der Waals surface area contributed by atoms with Gasteiger partial charge in [0.1, 0.15) is 5.69 Å². The Morgan fingerprint density at radius 1 is 1.23 bits per heavy atom. The van der Waals surface area contributed by atoms with Crippen molar-refractivity contribution in [3.05, 3.63) is 36.0 Å². The van der Waals surface area contributed by atoms with Gasteiger partial charge in [-0.25, -0.2) is 9.48 Å². The molecule has 2 rings (SSSR count). The van der Waals surface area contributed by atoms with Gasteiger partial charge in [0.05, 0.1) is 6.61 Å². The van der Waals surface area contributed by atoms with Crippen LogP contribution in [0.2, 0.25) is 0 Å². The van der Waals surface area contributed by atoms with Crippen LogP contribution in [-0.2, 0) is 9.53 Å². The summed E-state index contributed by atoms with van der Waals surface area (Å²) in [5.41, 5.74) is 1.60. The molecule has 0 spiro atoms. The summed E-state index contributed by atoms with van der Waals surface area (Å²) in [6.07, 6.45) is 0.499. The molecule has 1 aromatic heterocycles. The number of hydrogen-bond donors (Lipinski definition) is 0. The van der Waals surface area contributed by atoms with E-state index in [1.807, 2.05) is 37.3 Å². The highest BCUT2D eigenvalue weighted by molar-refractivity contribution is 5.98. The van der Waals surface area contributed by atoms with Gasteiger partial charge in [0.15, 0.2) is 17.5 Å². The minimum absolute atomic E-state index is 0.191. The van der Waals surface area contributed by atoms with Crippen LogP contribution in [0.1, 0.15) is 43.7 Å². The second-order valence-corrected chi connectivity index (χ2v) is 4.83. The number of carbonyl (C=O) groups is 2. The molecule has 1 atom stereocenters. The van der Waals surface area contributed by atoms with Crippen LogP contribution in [0.4, 0.5) is 0 Å². The standard InChI is InChI=1S/C16H19N3O3/c1-4-13(16(21)22-5-2)19-15(12-9-7-6-8-10-12)14(11(3)20)17-18-19/h6-10,13H,4-5H2,1-3H3. The lowest BCUT2D eigenvalue weighted by molar-refractivity contribution is -0.147. The Hall–Kier alpha value is -2.50. The van der Waals surface area contributed by atoms with E-state index in [4.69, 9.17) is 4.74 Å². The SMILES string of the molecule is CCOC(=O)C(CC)n1nnc(C(C)=O)c1-c1ccccc1. The number of Topliss-reactive ketones (excluding diaryl/α,β-unsaturated/α-hetero) is 1. The van der Waals surface area contributed by atoms with Gasteiger partial charge in [-0.3, -0.25) is 4.79 Å². The summed E-state index contributed by atoms with van der Waals surface area (Å²) in [6.45, 7) is 5.35. The van der Waals surface area contributed by atoms with Crippen molar-refractivity contribution in [2.75, 3.05) is 6.61 Å². The monoisotopic (exact) mass is 301 g/mol. The van der Waals surface area contributed by atoms with Crippen LogP contribution in [0.25, 0.3) is 11.3 Å². The number of ketones is 1.